The SMILES string of the molecule is Fc1c(F)c(P(c2ccccc2)c2ccccc2)c(Br)c(Cl)c1P(c1ccccc1)c1ccccc1. The average Bonchev–Trinajstić information content (AvgIpc) is 2.94. The largest absolute Gasteiger partial charge is 0.203 e. The first-order valence-electron chi connectivity index (χ1n) is 11.2. The Morgan fingerprint density at radius 2 is 0.750 bits per heavy atom. The first kappa shape index (κ1) is 25.2. The molecule has 0 aliphatic heterocycles. The standard InChI is InChI=1S/C30H20BrClF2P2/c31-25-26(32)30(36(23-17-9-3-10-18-23)24-19-11-4-12-20-24)28(34)27(33)29(25)35(21-13-5-1-6-14-21)22-15-7-2-8-16-22/h1-20H. The van der Waals surface area contributed by atoms with Crippen LogP contribution in [0.1, 0.15) is 0 Å². The van der Waals surface area contributed by atoms with Gasteiger partial charge in [-0.05, 0) is 53.0 Å². The maximum Gasteiger partial charge on any atom is 0.169 e. The van der Waals surface area contributed by atoms with Crippen LogP contribution >= 0.6 is 43.4 Å². The second kappa shape index (κ2) is 11.3. The highest BCUT2D eigenvalue weighted by atomic mass is 79.9. The van der Waals surface area contributed by atoms with Gasteiger partial charge in [-0.25, -0.2) is 8.78 Å². The predicted octanol–water partition coefficient (Wildman–Crippen LogP) is 6.90. The molecule has 5 aromatic rings. The van der Waals surface area contributed by atoms with Crippen LogP contribution < -0.4 is 31.8 Å². The first-order chi connectivity index (χ1) is 17.6. The number of hydrogen-bond donors (Lipinski definition) is 0. The van der Waals surface area contributed by atoms with Gasteiger partial charge in [0.15, 0.2) is 11.6 Å². The van der Waals surface area contributed by atoms with E-state index in [0.717, 1.165) is 21.2 Å². The maximum atomic E-state index is 16.3. The van der Waals surface area contributed by atoms with E-state index in [0.29, 0.717) is 4.47 Å². The van der Waals surface area contributed by atoms with Crippen LogP contribution in [0, 0.1) is 11.6 Å². The molecule has 0 aliphatic rings. The second-order valence-corrected chi connectivity index (χ2v) is 13.4. The Balaban J connectivity index is 1.77. The van der Waals surface area contributed by atoms with Gasteiger partial charge >= 0.3 is 0 Å². The zero-order valence-electron chi connectivity index (χ0n) is 19.0. The lowest BCUT2D eigenvalue weighted by Crippen LogP contribution is -2.31. The van der Waals surface area contributed by atoms with Crippen LogP contribution in [0.5, 0.6) is 0 Å². The molecule has 0 aliphatic carbocycles. The summed E-state index contributed by atoms with van der Waals surface area (Å²) < 4.78 is 32.9. The van der Waals surface area contributed by atoms with Crippen molar-refractivity contribution in [2.24, 2.45) is 0 Å². The van der Waals surface area contributed by atoms with Gasteiger partial charge in [0.05, 0.1) is 5.02 Å². The third kappa shape index (κ3) is 4.91. The third-order valence-corrected chi connectivity index (χ3v) is 12.6. The van der Waals surface area contributed by atoms with E-state index in [1.54, 1.807) is 0 Å². The lowest BCUT2D eigenvalue weighted by molar-refractivity contribution is 0.519. The fourth-order valence-electron chi connectivity index (χ4n) is 4.12. The molecule has 0 spiro atoms. The Kier molecular flexibility index (Phi) is 7.94. The normalized spacial score (nSPS) is 11.3. The number of benzene rings is 5. The Morgan fingerprint density at radius 1 is 0.472 bits per heavy atom. The smallest absolute Gasteiger partial charge is 0.169 e. The fourth-order valence-corrected chi connectivity index (χ4v) is 10.4. The van der Waals surface area contributed by atoms with E-state index < -0.39 is 27.5 Å². The predicted molar refractivity (Wildman–Crippen MR) is 156 cm³/mol. The molecule has 0 radical (unpaired) electrons. The van der Waals surface area contributed by atoms with Gasteiger partial charge in [-0.15, -0.1) is 0 Å². The molecule has 0 N–H and O–H groups in total. The van der Waals surface area contributed by atoms with Crippen molar-refractivity contribution in [3.63, 3.8) is 0 Å². The third-order valence-electron chi connectivity index (χ3n) is 5.72. The van der Waals surface area contributed by atoms with Crippen molar-refractivity contribution in [3.8, 4) is 0 Å². The van der Waals surface area contributed by atoms with Gasteiger partial charge in [0.2, 0.25) is 0 Å². The zero-order chi connectivity index (χ0) is 25.1. The molecule has 178 valence electrons. The Morgan fingerprint density at radius 3 is 1.08 bits per heavy atom. The fraction of sp³-hybridized carbons (Fsp3) is 0. The Labute approximate surface area is 225 Å². The highest BCUT2D eigenvalue weighted by Gasteiger charge is 2.33. The van der Waals surface area contributed by atoms with Crippen molar-refractivity contribution < 1.29 is 8.78 Å². The van der Waals surface area contributed by atoms with Crippen molar-refractivity contribution in [3.05, 3.63) is 142 Å². The number of rotatable bonds is 6. The van der Waals surface area contributed by atoms with Crippen molar-refractivity contribution in [2.75, 3.05) is 0 Å². The summed E-state index contributed by atoms with van der Waals surface area (Å²) in [6.45, 7) is 0. The van der Waals surface area contributed by atoms with Crippen LogP contribution in [0.15, 0.2) is 126 Å². The lowest BCUT2D eigenvalue weighted by atomic mass is 10.3. The van der Waals surface area contributed by atoms with Gasteiger partial charge in [0, 0.05) is 15.1 Å². The topological polar surface area (TPSA) is 0 Å². The summed E-state index contributed by atoms with van der Waals surface area (Å²) in [6.07, 6.45) is 0. The molecule has 0 saturated heterocycles. The maximum absolute atomic E-state index is 16.3. The Hall–Kier alpha value is -2.41. The van der Waals surface area contributed by atoms with Gasteiger partial charge in [0.1, 0.15) is 0 Å². The van der Waals surface area contributed by atoms with E-state index in [4.69, 9.17) is 11.6 Å². The second-order valence-electron chi connectivity index (χ2n) is 7.97. The molecule has 5 aromatic carbocycles. The van der Waals surface area contributed by atoms with E-state index in [1.807, 2.05) is 121 Å². The molecule has 0 heterocycles. The van der Waals surface area contributed by atoms with Crippen LogP contribution in [0.25, 0.3) is 0 Å². The molecule has 0 amide bonds. The molecular formula is C30H20BrClF2P2. The monoisotopic (exact) mass is 594 g/mol. The number of halogens is 4. The van der Waals surface area contributed by atoms with Gasteiger partial charge < -0.3 is 0 Å². The minimum Gasteiger partial charge on any atom is -0.203 e. The van der Waals surface area contributed by atoms with E-state index in [2.05, 4.69) is 15.9 Å². The first-order valence-corrected chi connectivity index (χ1v) is 15.1. The lowest BCUT2D eigenvalue weighted by Gasteiger charge is -2.26. The summed E-state index contributed by atoms with van der Waals surface area (Å²) in [5.41, 5.74) is 0. The highest BCUT2D eigenvalue weighted by Crippen LogP contribution is 2.44. The van der Waals surface area contributed by atoms with Gasteiger partial charge in [-0.1, -0.05) is 133 Å². The molecule has 0 nitrogen and oxygen atoms in total. The van der Waals surface area contributed by atoms with Crippen molar-refractivity contribution in [1.29, 1.82) is 0 Å². The van der Waals surface area contributed by atoms with Crippen molar-refractivity contribution in [2.45, 2.75) is 0 Å². The van der Waals surface area contributed by atoms with Crippen LogP contribution in [-0.2, 0) is 0 Å². The average molecular weight is 596 g/mol. The molecule has 0 saturated carbocycles. The zero-order valence-corrected chi connectivity index (χ0v) is 23.1. The Bertz CT molecular complexity index is 1250. The summed E-state index contributed by atoms with van der Waals surface area (Å²) in [5.74, 6) is -1.75. The van der Waals surface area contributed by atoms with Gasteiger partial charge in [-0.3, -0.25) is 0 Å². The van der Waals surface area contributed by atoms with Crippen LogP contribution in [0.4, 0.5) is 8.78 Å². The number of hydrogen-bond acceptors (Lipinski definition) is 0. The summed E-state index contributed by atoms with van der Waals surface area (Å²) in [4.78, 5) is 0. The highest BCUT2D eigenvalue weighted by molar-refractivity contribution is 9.10. The van der Waals surface area contributed by atoms with E-state index in [-0.39, 0.29) is 15.6 Å². The van der Waals surface area contributed by atoms with Crippen molar-refractivity contribution in [1.82, 2.24) is 0 Å². The van der Waals surface area contributed by atoms with Crippen molar-refractivity contribution >= 4 is 75.2 Å². The summed E-state index contributed by atoms with van der Waals surface area (Å²) in [5, 5.41) is 4.27. The van der Waals surface area contributed by atoms with Gasteiger partial charge in [-0.2, -0.15) is 0 Å². The quantitative estimate of drug-likeness (QED) is 0.148. The minimum absolute atomic E-state index is 0.188. The molecule has 0 bridgehead atoms. The minimum atomic E-state index is -1.43. The molecule has 0 unspecified atom stereocenters. The molecular weight excluding hydrogens is 576 g/mol. The molecule has 0 fully saturated rings. The van der Waals surface area contributed by atoms with Crippen LogP contribution in [0.2, 0.25) is 5.02 Å². The van der Waals surface area contributed by atoms with E-state index in [9.17, 15) is 0 Å². The summed E-state index contributed by atoms with van der Waals surface area (Å²) in [7, 11) is -2.83. The van der Waals surface area contributed by atoms with E-state index >= 15 is 8.78 Å². The summed E-state index contributed by atoms with van der Waals surface area (Å²) >= 11 is 10.6. The molecule has 5 rings (SSSR count). The molecule has 0 aromatic heterocycles. The van der Waals surface area contributed by atoms with Crippen LogP contribution in [-0.4, -0.2) is 0 Å². The van der Waals surface area contributed by atoms with Crippen LogP contribution in [0.3, 0.4) is 0 Å². The molecule has 6 heteroatoms. The molecule has 0 atom stereocenters. The summed E-state index contributed by atoms with van der Waals surface area (Å²) in [6, 6.07) is 38.5. The molecule has 36 heavy (non-hydrogen) atoms. The van der Waals surface area contributed by atoms with Gasteiger partial charge in [0.25, 0.3) is 0 Å². The van der Waals surface area contributed by atoms with E-state index in [1.165, 1.54) is 0 Å².